The predicted molar refractivity (Wildman–Crippen MR) is 50.1 cm³/mol. The summed E-state index contributed by atoms with van der Waals surface area (Å²) in [6.45, 7) is 2.20. The highest BCUT2D eigenvalue weighted by atomic mass is 15.0. The van der Waals surface area contributed by atoms with Crippen LogP contribution < -0.4 is 5.32 Å². The Morgan fingerprint density at radius 2 is 2.46 bits per heavy atom. The molecule has 1 N–H and O–H groups in total. The van der Waals surface area contributed by atoms with Crippen LogP contribution in [0.4, 0.5) is 5.69 Å². The van der Waals surface area contributed by atoms with E-state index in [0.717, 1.165) is 11.6 Å². The lowest BCUT2D eigenvalue weighted by atomic mass is 10.2. The number of rotatable bonds is 2. The molecule has 1 aliphatic rings. The van der Waals surface area contributed by atoms with Crippen molar-refractivity contribution in [2.45, 2.75) is 19.4 Å². The van der Waals surface area contributed by atoms with Crippen LogP contribution in [0.15, 0.2) is 18.5 Å². The van der Waals surface area contributed by atoms with Gasteiger partial charge in [-0.2, -0.15) is 5.26 Å². The molecule has 0 radical (unpaired) electrons. The smallest absolute Gasteiger partial charge is 0.103 e. The molecule has 2 atom stereocenters. The molecule has 1 aliphatic carbocycles. The highest BCUT2D eigenvalue weighted by molar-refractivity contribution is 5.56. The number of aromatic nitrogens is 1. The van der Waals surface area contributed by atoms with Crippen molar-refractivity contribution in [3.05, 3.63) is 24.0 Å². The van der Waals surface area contributed by atoms with Crippen molar-refractivity contribution in [1.82, 2.24) is 4.98 Å². The van der Waals surface area contributed by atoms with Crippen LogP contribution in [0.25, 0.3) is 0 Å². The standard InChI is InChI=1S/C10H11N3/c1-7-4-10(7)13-9-2-3-12-6-8(9)5-11/h2-3,6-7,10H,4H2,1H3,(H,12,13)/t7-,10-/m1/s1. The number of hydrogen-bond donors (Lipinski definition) is 1. The Morgan fingerprint density at radius 1 is 1.69 bits per heavy atom. The third kappa shape index (κ3) is 1.62. The summed E-state index contributed by atoms with van der Waals surface area (Å²) in [6.07, 6.45) is 4.50. The van der Waals surface area contributed by atoms with Crippen LogP contribution in [0.5, 0.6) is 0 Å². The van der Waals surface area contributed by atoms with Crippen molar-refractivity contribution in [2.75, 3.05) is 5.32 Å². The third-order valence-corrected chi connectivity index (χ3v) is 2.39. The van der Waals surface area contributed by atoms with Crippen molar-refractivity contribution in [1.29, 1.82) is 5.26 Å². The van der Waals surface area contributed by atoms with E-state index in [4.69, 9.17) is 5.26 Å². The van der Waals surface area contributed by atoms with Crippen LogP contribution in [-0.2, 0) is 0 Å². The minimum absolute atomic E-state index is 0.550. The average molecular weight is 173 g/mol. The van der Waals surface area contributed by atoms with Gasteiger partial charge in [-0.15, -0.1) is 0 Å². The molecular weight excluding hydrogens is 162 g/mol. The average Bonchev–Trinajstić information content (AvgIpc) is 2.83. The number of pyridine rings is 1. The molecule has 0 bridgehead atoms. The Hall–Kier alpha value is -1.56. The topological polar surface area (TPSA) is 48.7 Å². The maximum atomic E-state index is 8.79. The van der Waals surface area contributed by atoms with Gasteiger partial charge < -0.3 is 5.32 Å². The van der Waals surface area contributed by atoms with Gasteiger partial charge in [0.1, 0.15) is 6.07 Å². The van der Waals surface area contributed by atoms with Gasteiger partial charge in [-0.3, -0.25) is 4.98 Å². The maximum Gasteiger partial charge on any atom is 0.103 e. The van der Waals surface area contributed by atoms with Gasteiger partial charge in [0.15, 0.2) is 0 Å². The summed E-state index contributed by atoms with van der Waals surface area (Å²) < 4.78 is 0. The number of anilines is 1. The first kappa shape index (κ1) is 8.06. The van der Waals surface area contributed by atoms with E-state index in [9.17, 15) is 0 Å². The highest BCUT2D eigenvalue weighted by Gasteiger charge is 2.32. The monoisotopic (exact) mass is 173 g/mol. The van der Waals surface area contributed by atoms with E-state index >= 15 is 0 Å². The minimum atomic E-state index is 0.550. The Morgan fingerprint density at radius 3 is 3.08 bits per heavy atom. The molecule has 1 aromatic rings. The fourth-order valence-electron chi connectivity index (χ4n) is 1.33. The molecule has 1 saturated carbocycles. The second kappa shape index (κ2) is 3.06. The van der Waals surface area contributed by atoms with Crippen molar-refractivity contribution in [3.8, 4) is 6.07 Å². The van der Waals surface area contributed by atoms with E-state index in [0.29, 0.717) is 11.6 Å². The zero-order valence-electron chi connectivity index (χ0n) is 7.49. The molecule has 1 heterocycles. The molecule has 0 spiro atoms. The van der Waals surface area contributed by atoms with Gasteiger partial charge in [-0.1, -0.05) is 6.92 Å². The van der Waals surface area contributed by atoms with E-state index in [1.165, 1.54) is 6.42 Å². The molecule has 0 aromatic carbocycles. The van der Waals surface area contributed by atoms with Crippen molar-refractivity contribution < 1.29 is 0 Å². The van der Waals surface area contributed by atoms with Crippen LogP contribution in [-0.4, -0.2) is 11.0 Å². The van der Waals surface area contributed by atoms with Crippen LogP contribution >= 0.6 is 0 Å². The first-order valence-corrected chi connectivity index (χ1v) is 4.42. The van der Waals surface area contributed by atoms with Gasteiger partial charge in [-0.25, -0.2) is 0 Å². The van der Waals surface area contributed by atoms with Crippen LogP contribution in [0.3, 0.4) is 0 Å². The SMILES string of the molecule is C[C@@H]1C[C@H]1Nc1ccncc1C#N. The van der Waals surface area contributed by atoms with E-state index in [2.05, 4.69) is 23.3 Å². The normalized spacial score (nSPS) is 24.9. The lowest BCUT2D eigenvalue weighted by Gasteiger charge is -2.05. The van der Waals surface area contributed by atoms with Crippen LogP contribution in [0, 0.1) is 17.2 Å². The lowest BCUT2D eigenvalue weighted by molar-refractivity contribution is 0.928. The van der Waals surface area contributed by atoms with Gasteiger partial charge in [-0.05, 0) is 18.4 Å². The fraction of sp³-hybridized carbons (Fsp3) is 0.400. The van der Waals surface area contributed by atoms with Gasteiger partial charge in [0, 0.05) is 18.4 Å². The maximum absolute atomic E-state index is 8.79. The van der Waals surface area contributed by atoms with Crippen molar-refractivity contribution >= 4 is 5.69 Å². The summed E-state index contributed by atoms with van der Waals surface area (Å²) >= 11 is 0. The molecular formula is C10H11N3. The molecule has 3 nitrogen and oxygen atoms in total. The molecule has 3 heteroatoms. The Bertz CT molecular complexity index is 353. The molecule has 1 fully saturated rings. The Labute approximate surface area is 77.4 Å². The summed E-state index contributed by atoms with van der Waals surface area (Å²) in [4.78, 5) is 3.90. The van der Waals surface area contributed by atoms with Gasteiger partial charge >= 0.3 is 0 Å². The molecule has 0 saturated heterocycles. The number of nitrogens with one attached hydrogen (secondary N) is 1. The fourth-order valence-corrected chi connectivity index (χ4v) is 1.33. The first-order chi connectivity index (χ1) is 6.31. The van der Waals surface area contributed by atoms with Gasteiger partial charge in [0.05, 0.1) is 11.3 Å². The second-order valence-corrected chi connectivity index (χ2v) is 3.50. The summed E-state index contributed by atoms with van der Waals surface area (Å²) in [7, 11) is 0. The summed E-state index contributed by atoms with van der Waals surface area (Å²) in [5.41, 5.74) is 1.54. The minimum Gasteiger partial charge on any atom is -0.381 e. The number of hydrogen-bond acceptors (Lipinski definition) is 3. The summed E-state index contributed by atoms with van der Waals surface area (Å²) in [6, 6.07) is 4.52. The Kier molecular flexibility index (Phi) is 1.90. The zero-order chi connectivity index (χ0) is 9.26. The number of nitrogens with zero attached hydrogens (tertiary/aromatic N) is 2. The van der Waals surface area contributed by atoms with Crippen LogP contribution in [0.1, 0.15) is 18.9 Å². The van der Waals surface area contributed by atoms with Gasteiger partial charge in [0.2, 0.25) is 0 Å². The van der Waals surface area contributed by atoms with Crippen molar-refractivity contribution in [2.24, 2.45) is 5.92 Å². The summed E-state index contributed by atoms with van der Waals surface area (Å²) in [5, 5.41) is 12.1. The Balaban J connectivity index is 2.15. The first-order valence-electron chi connectivity index (χ1n) is 4.42. The molecule has 0 unspecified atom stereocenters. The predicted octanol–water partition coefficient (Wildman–Crippen LogP) is 1.77. The molecule has 13 heavy (non-hydrogen) atoms. The molecule has 66 valence electrons. The summed E-state index contributed by atoms with van der Waals surface area (Å²) in [5.74, 6) is 0.736. The largest absolute Gasteiger partial charge is 0.381 e. The molecule has 0 aliphatic heterocycles. The quantitative estimate of drug-likeness (QED) is 0.741. The van der Waals surface area contributed by atoms with E-state index in [1.807, 2.05) is 6.07 Å². The van der Waals surface area contributed by atoms with E-state index in [1.54, 1.807) is 12.4 Å². The third-order valence-electron chi connectivity index (χ3n) is 2.39. The van der Waals surface area contributed by atoms with E-state index < -0.39 is 0 Å². The molecule has 0 amide bonds. The molecule has 2 rings (SSSR count). The van der Waals surface area contributed by atoms with Crippen LogP contribution in [0.2, 0.25) is 0 Å². The lowest BCUT2D eigenvalue weighted by Crippen LogP contribution is -2.05. The van der Waals surface area contributed by atoms with Crippen molar-refractivity contribution in [3.63, 3.8) is 0 Å². The van der Waals surface area contributed by atoms with Gasteiger partial charge in [0.25, 0.3) is 0 Å². The number of nitriles is 1. The highest BCUT2D eigenvalue weighted by Crippen LogP contribution is 2.33. The van der Waals surface area contributed by atoms with E-state index in [-0.39, 0.29) is 0 Å². The molecule has 1 aromatic heterocycles. The second-order valence-electron chi connectivity index (χ2n) is 3.50. The zero-order valence-corrected chi connectivity index (χ0v) is 7.49.